The number of carbonyl (C=O) groups is 2. The molecule has 1 heterocycles. The van der Waals surface area contributed by atoms with Gasteiger partial charge in [-0.3, -0.25) is 14.6 Å². The van der Waals surface area contributed by atoms with Crippen LogP contribution >= 0.6 is 0 Å². The Morgan fingerprint density at radius 3 is 2.30 bits per heavy atom. The average Bonchev–Trinajstić information content (AvgIpc) is 2.47. The van der Waals surface area contributed by atoms with E-state index in [9.17, 15) is 14.3 Å². The standard InChI is InChI=1S/C13H11FN2O3.C2H4O2/c14-9-3-1-8(2-4-9)13(19)16-11-5-15-6-12(18)10(11)7-17;1-2(3)4/h1-6,17-18H,7H2,(H,16,19);1H3,(H,3,4). The number of aliphatic hydroxyl groups is 1. The van der Waals surface area contributed by atoms with E-state index in [1.807, 2.05) is 0 Å². The number of nitrogens with zero attached hydrogens (tertiary/aromatic N) is 1. The zero-order chi connectivity index (χ0) is 17.4. The molecule has 2 aromatic rings. The summed E-state index contributed by atoms with van der Waals surface area (Å²) in [5.74, 6) is -1.96. The van der Waals surface area contributed by atoms with Crippen LogP contribution in [-0.2, 0) is 11.4 Å². The molecule has 23 heavy (non-hydrogen) atoms. The van der Waals surface area contributed by atoms with Crippen molar-refractivity contribution in [1.82, 2.24) is 4.98 Å². The van der Waals surface area contributed by atoms with E-state index >= 15 is 0 Å². The first kappa shape index (κ1) is 18.1. The molecule has 0 aliphatic heterocycles. The Labute approximate surface area is 131 Å². The van der Waals surface area contributed by atoms with Gasteiger partial charge >= 0.3 is 0 Å². The van der Waals surface area contributed by atoms with Crippen LogP contribution < -0.4 is 5.32 Å². The molecule has 0 saturated carbocycles. The highest BCUT2D eigenvalue weighted by Gasteiger charge is 2.12. The minimum absolute atomic E-state index is 0.172. The van der Waals surface area contributed by atoms with Crippen LogP contribution in [-0.4, -0.2) is 32.2 Å². The predicted molar refractivity (Wildman–Crippen MR) is 79.5 cm³/mol. The number of rotatable bonds is 3. The number of aliphatic hydroxyl groups excluding tert-OH is 1. The normalized spacial score (nSPS) is 9.52. The van der Waals surface area contributed by atoms with Gasteiger partial charge in [-0.1, -0.05) is 0 Å². The molecule has 0 aliphatic carbocycles. The van der Waals surface area contributed by atoms with Gasteiger partial charge in [0.05, 0.1) is 24.7 Å². The molecular weight excluding hydrogens is 307 g/mol. The van der Waals surface area contributed by atoms with Crippen molar-refractivity contribution in [2.45, 2.75) is 13.5 Å². The van der Waals surface area contributed by atoms with Crippen molar-refractivity contribution < 1.29 is 29.3 Å². The number of hydrogen-bond donors (Lipinski definition) is 4. The van der Waals surface area contributed by atoms with Crippen LogP contribution in [0.25, 0.3) is 0 Å². The van der Waals surface area contributed by atoms with Crippen LogP contribution in [0, 0.1) is 5.82 Å². The number of anilines is 1. The quantitative estimate of drug-likeness (QED) is 0.683. The fourth-order valence-corrected chi connectivity index (χ4v) is 1.55. The monoisotopic (exact) mass is 322 g/mol. The number of amides is 1. The van der Waals surface area contributed by atoms with Gasteiger partial charge in [-0.05, 0) is 24.3 Å². The SMILES string of the molecule is CC(=O)O.O=C(Nc1cncc(O)c1CO)c1ccc(F)cc1. The van der Waals surface area contributed by atoms with Gasteiger partial charge in [-0.15, -0.1) is 0 Å². The summed E-state index contributed by atoms with van der Waals surface area (Å²) in [6.07, 6.45) is 2.48. The molecule has 0 fully saturated rings. The Kier molecular flexibility index (Phi) is 6.63. The molecule has 0 unspecified atom stereocenters. The van der Waals surface area contributed by atoms with E-state index in [0.717, 1.165) is 6.92 Å². The number of halogens is 1. The number of aromatic hydroxyl groups is 1. The van der Waals surface area contributed by atoms with Crippen LogP contribution in [0.3, 0.4) is 0 Å². The zero-order valence-corrected chi connectivity index (χ0v) is 12.2. The molecule has 2 rings (SSSR count). The first-order chi connectivity index (χ1) is 10.8. The molecule has 122 valence electrons. The number of benzene rings is 1. The number of nitrogens with one attached hydrogen (secondary N) is 1. The first-order valence-electron chi connectivity index (χ1n) is 6.38. The fourth-order valence-electron chi connectivity index (χ4n) is 1.55. The first-order valence-corrected chi connectivity index (χ1v) is 6.38. The number of carbonyl (C=O) groups excluding carboxylic acids is 1. The summed E-state index contributed by atoms with van der Waals surface area (Å²) >= 11 is 0. The van der Waals surface area contributed by atoms with Crippen molar-refractivity contribution in [3.8, 4) is 5.75 Å². The molecule has 1 aromatic carbocycles. The lowest BCUT2D eigenvalue weighted by Crippen LogP contribution is -2.13. The number of carboxylic acids is 1. The van der Waals surface area contributed by atoms with Crippen LogP contribution in [0.5, 0.6) is 5.75 Å². The summed E-state index contributed by atoms with van der Waals surface area (Å²) in [7, 11) is 0. The molecular formula is C15H15FN2O5. The fraction of sp³-hybridized carbons (Fsp3) is 0.133. The van der Waals surface area contributed by atoms with Gasteiger partial charge in [0.1, 0.15) is 11.6 Å². The molecule has 1 amide bonds. The number of aromatic nitrogens is 1. The zero-order valence-electron chi connectivity index (χ0n) is 12.2. The third kappa shape index (κ3) is 5.71. The van der Waals surface area contributed by atoms with Crippen molar-refractivity contribution in [2.75, 3.05) is 5.32 Å². The third-order valence-electron chi connectivity index (χ3n) is 2.55. The molecule has 0 saturated heterocycles. The Morgan fingerprint density at radius 2 is 1.78 bits per heavy atom. The minimum atomic E-state index is -0.833. The second-order valence-corrected chi connectivity index (χ2v) is 4.32. The summed E-state index contributed by atoms with van der Waals surface area (Å²) in [5, 5.41) is 28.5. The Hall–Kier alpha value is -3.00. The maximum absolute atomic E-state index is 12.7. The lowest BCUT2D eigenvalue weighted by atomic mass is 10.2. The Balaban J connectivity index is 0.000000593. The molecule has 0 spiro atoms. The second kappa shape index (κ2) is 8.44. The third-order valence-corrected chi connectivity index (χ3v) is 2.55. The van der Waals surface area contributed by atoms with Gasteiger partial charge in [0, 0.05) is 18.1 Å². The molecule has 0 aliphatic rings. The summed E-state index contributed by atoms with van der Waals surface area (Å²) in [6, 6.07) is 5.00. The molecule has 4 N–H and O–H groups in total. The van der Waals surface area contributed by atoms with Crippen molar-refractivity contribution in [1.29, 1.82) is 0 Å². The average molecular weight is 322 g/mol. The van der Waals surface area contributed by atoms with Gasteiger partial charge in [0.25, 0.3) is 11.9 Å². The van der Waals surface area contributed by atoms with Gasteiger partial charge in [-0.2, -0.15) is 0 Å². The Morgan fingerprint density at radius 1 is 1.22 bits per heavy atom. The number of pyridine rings is 1. The van der Waals surface area contributed by atoms with E-state index in [1.54, 1.807) is 0 Å². The van der Waals surface area contributed by atoms with Crippen LogP contribution in [0.1, 0.15) is 22.8 Å². The van der Waals surface area contributed by atoms with Crippen molar-refractivity contribution in [2.24, 2.45) is 0 Å². The van der Waals surface area contributed by atoms with Gasteiger partial charge in [-0.25, -0.2) is 4.39 Å². The topological polar surface area (TPSA) is 120 Å². The number of aliphatic carboxylic acids is 1. The second-order valence-electron chi connectivity index (χ2n) is 4.32. The van der Waals surface area contributed by atoms with E-state index in [2.05, 4.69) is 10.3 Å². The van der Waals surface area contributed by atoms with Crippen molar-refractivity contribution in [3.05, 3.63) is 53.6 Å². The van der Waals surface area contributed by atoms with Crippen LogP contribution in [0.4, 0.5) is 10.1 Å². The summed E-state index contributed by atoms with van der Waals surface area (Å²) in [6.45, 7) is 0.646. The highest BCUT2D eigenvalue weighted by Crippen LogP contribution is 2.24. The molecule has 0 atom stereocenters. The maximum Gasteiger partial charge on any atom is 0.300 e. The van der Waals surface area contributed by atoms with E-state index < -0.39 is 24.3 Å². The lowest BCUT2D eigenvalue weighted by Gasteiger charge is -2.10. The molecule has 0 radical (unpaired) electrons. The lowest BCUT2D eigenvalue weighted by molar-refractivity contribution is -0.134. The maximum atomic E-state index is 12.7. The van der Waals surface area contributed by atoms with Gasteiger partial charge in [0.15, 0.2) is 0 Å². The minimum Gasteiger partial charge on any atom is -0.506 e. The van der Waals surface area contributed by atoms with E-state index in [-0.39, 0.29) is 22.6 Å². The Bertz CT molecular complexity index is 685. The van der Waals surface area contributed by atoms with Gasteiger partial charge < -0.3 is 20.6 Å². The summed E-state index contributed by atoms with van der Waals surface area (Å²) < 4.78 is 12.7. The predicted octanol–water partition coefficient (Wildman–Crippen LogP) is 1.76. The number of hydrogen-bond acceptors (Lipinski definition) is 5. The highest BCUT2D eigenvalue weighted by molar-refractivity contribution is 6.04. The van der Waals surface area contributed by atoms with Crippen molar-refractivity contribution >= 4 is 17.6 Å². The smallest absolute Gasteiger partial charge is 0.300 e. The largest absolute Gasteiger partial charge is 0.506 e. The molecule has 1 aromatic heterocycles. The van der Waals surface area contributed by atoms with Crippen LogP contribution in [0.15, 0.2) is 36.7 Å². The molecule has 0 bridgehead atoms. The van der Waals surface area contributed by atoms with Crippen LogP contribution in [0.2, 0.25) is 0 Å². The van der Waals surface area contributed by atoms with E-state index in [4.69, 9.17) is 15.0 Å². The highest BCUT2D eigenvalue weighted by atomic mass is 19.1. The number of carboxylic acid groups (broad SMARTS) is 1. The summed E-state index contributed by atoms with van der Waals surface area (Å²) in [5.41, 5.74) is 0.635. The molecule has 8 heteroatoms. The summed E-state index contributed by atoms with van der Waals surface area (Å²) in [4.78, 5) is 24.6. The van der Waals surface area contributed by atoms with Gasteiger partial charge in [0.2, 0.25) is 0 Å². The van der Waals surface area contributed by atoms with Crippen molar-refractivity contribution in [3.63, 3.8) is 0 Å². The molecule has 7 nitrogen and oxygen atoms in total. The van der Waals surface area contributed by atoms with E-state index in [0.29, 0.717) is 0 Å². The van der Waals surface area contributed by atoms with E-state index in [1.165, 1.54) is 36.7 Å².